The van der Waals surface area contributed by atoms with Crippen molar-refractivity contribution in [2.45, 2.75) is 45.4 Å². The first-order valence-corrected chi connectivity index (χ1v) is 11.2. The zero-order chi connectivity index (χ0) is 21.0. The van der Waals surface area contributed by atoms with Crippen LogP contribution in [0.3, 0.4) is 0 Å². The minimum Gasteiger partial charge on any atom is -0.356 e. The van der Waals surface area contributed by atoms with Crippen LogP contribution in [0.5, 0.6) is 0 Å². The lowest BCUT2D eigenvalue weighted by Gasteiger charge is -2.43. The molecular formula is C25H31N3O2. The Kier molecular flexibility index (Phi) is 6.16. The standard InChI is InChI=1S/C25H31N3O2/c1-2-27-24(30)25(12-16-28(17-13-25)23(29)20-7-5-8-20)18-21-6-3-4-9-22(21)19-10-14-26-15-11-19/h3-4,6,9-11,14-15,20H,2,5,7-8,12-13,16-18H2,1H3,(H,27,30). The highest BCUT2D eigenvalue weighted by atomic mass is 16.2. The second-order valence-corrected chi connectivity index (χ2v) is 8.66. The van der Waals surface area contributed by atoms with E-state index in [1.165, 1.54) is 12.0 Å². The molecule has 4 rings (SSSR count). The second kappa shape index (κ2) is 8.99. The van der Waals surface area contributed by atoms with E-state index in [1.54, 1.807) is 12.4 Å². The van der Waals surface area contributed by atoms with Crippen molar-refractivity contribution in [3.63, 3.8) is 0 Å². The van der Waals surface area contributed by atoms with Gasteiger partial charge in [-0.15, -0.1) is 0 Å². The van der Waals surface area contributed by atoms with E-state index >= 15 is 0 Å². The second-order valence-electron chi connectivity index (χ2n) is 8.66. The molecule has 30 heavy (non-hydrogen) atoms. The molecule has 0 bridgehead atoms. The van der Waals surface area contributed by atoms with E-state index in [0.29, 0.717) is 44.8 Å². The Bertz CT molecular complexity index is 884. The highest BCUT2D eigenvalue weighted by Gasteiger charge is 2.43. The highest BCUT2D eigenvalue weighted by molar-refractivity contribution is 5.85. The smallest absolute Gasteiger partial charge is 0.226 e. The number of nitrogens with one attached hydrogen (secondary N) is 1. The molecule has 2 aliphatic rings. The fourth-order valence-electron chi connectivity index (χ4n) is 4.75. The number of benzene rings is 1. The van der Waals surface area contributed by atoms with Gasteiger partial charge in [0.1, 0.15) is 0 Å². The average Bonchev–Trinajstić information content (AvgIpc) is 2.74. The van der Waals surface area contributed by atoms with Crippen molar-refractivity contribution in [2.24, 2.45) is 11.3 Å². The van der Waals surface area contributed by atoms with E-state index in [-0.39, 0.29) is 11.8 Å². The Balaban J connectivity index is 1.57. The molecule has 1 N–H and O–H groups in total. The SMILES string of the molecule is CCNC(=O)C1(Cc2ccccc2-c2ccncc2)CCN(C(=O)C2CCC2)CC1. The molecule has 2 aromatic rings. The number of rotatable bonds is 6. The predicted molar refractivity (Wildman–Crippen MR) is 118 cm³/mol. The number of nitrogens with zero attached hydrogens (tertiary/aromatic N) is 2. The van der Waals surface area contributed by atoms with E-state index in [1.807, 2.05) is 36.1 Å². The Morgan fingerprint density at radius 2 is 1.80 bits per heavy atom. The molecule has 1 aromatic heterocycles. The topological polar surface area (TPSA) is 62.3 Å². The molecule has 1 saturated carbocycles. The van der Waals surface area contributed by atoms with Crippen molar-refractivity contribution in [3.05, 3.63) is 54.4 Å². The van der Waals surface area contributed by atoms with Crippen molar-refractivity contribution in [1.29, 1.82) is 0 Å². The number of piperidine rings is 1. The van der Waals surface area contributed by atoms with Gasteiger partial charge in [0.15, 0.2) is 0 Å². The van der Waals surface area contributed by atoms with Gasteiger partial charge in [-0.25, -0.2) is 0 Å². The van der Waals surface area contributed by atoms with Crippen LogP contribution in [0.15, 0.2) is 48.8 Å². The summed E-state index contributed by atoms with van der Waals surface area (Å²) >= 11 is 0. The van der Waals surface area contributed by atoms with Crippen LogP contribution in [0.2, 0.25) is 0 Å². The van der Waals surface area contributed by atoms with Crippen molar-refractivity contribution in [2.75, 3.05) is 19.6 Å². The third-order valence-electron chi connectivity index (χ3n) is 6.84. The first-order chi connectivity index (χ1) is 14.6. The Morgan fingerprint density at radius 1 is 1.10 bits per heavy atom. The van der Waals surface area contributed by atoms with E-state index in [2.05, 4.69) is 22.4 Å². The average molecular weight is 406 g/mol. The minimum absolute atomic E-state index is 0.116. The molecule has 5 heteroatoms. The van der Waals surface area contributed by atoms with Crippen LogP contribution >= 0.6 is 0 Å². The van der Waals surface area contributed by atoms with E-state index in [0.717, 1.165) is 24.0 Å². The third-order valence-corrected chi connectivity index (χ3v) is 6.84. The molecule has 1 saturated heterocycles. The van der Waals surface area contributed by atoms with Crippen molar-refractivity contribution >= 4 is 11.8 Å². The van der Waals surface area contributed by atoms with E-state index in [4.69, 9.17) is 0 Å². The molecule has 0 unspecified atom stereocenters. The highest BCUT2D eigenvalue weighted by Crippen LogP contribution is 2.39. The van der Waals surface area contributed by atoms with Gasteiger partial charge in [0, 0.05) is 37.9 Å². The lowest BCUT2D eigenvalue weighted by atomic mass is 9.71. The maximum atomic E-state index is 13.2. The Hall–Kier alpha value is -2.69. The molecule has 0 atom stereocenters. The van der Waals surface area contributed by atoms with Crippen LogP contribution in [0.1, 0.15) is 44.6 Å². The van der Waals surface area contributed by atoms with Crippen molar-refractivity contribution in [1.82, 2.24) is 15.2 Å². The minimum atomic E-state index is -0.477. The van der Waals surface area contributed by atoms with E-state index in [9.17, 15) is 9.59 Å². The number of aromatic nitrogens is 1. The zero-order valence-corrected chi connectivity index (χ0v) is 17.8. The first-order valence-electron chi connectivity index (χ1n) is 11.2. The van der Waals surface area contributed by atoms with Gasteiger partial charge in [0.05, 0.1) is 5.41 Å². The summed E-state index contributed by atoms with van der Waals surface area (Å²) in [5.41, 5.74) is 2.96. The first kappa shape index (κ1) is 20.6. The fraction of sp³-hybridized carbons (Fsp3) is 0.480. The Labute approximate surface area is 178 Å². The summed E-state index contributed by atoms with van der Waals surface area (Å²) in [6.45, 7) is 3.93. The number of hydrogen-bond donors (Lipinski definition) is 1. The molecule has 0 spiro atoms. The number of hydrogen-bond acceptors (Lipinski definition) is 3. The predicted octanol–water partition coefficient (Wildman–Crippen LogP) is 3.84. The summed E-state index contributed by atoms with van der Waals surface area (Å²) in [6, 6.07) is 12.3. The van der Waals surface area contributed by atoms with Gasteiger partial charge in [-0.1, -0.05) is 30.7 Å². The number of pyridine rings is 1. The fourth-order valence-corrected chi connectivity index (χ4v) is 4.75. The molecule has 1 aliphatic heterocycles. The van der Waals surface area contributed by atoms with Gasteiger partial charge in [-0.3, -0.25) is 14.6 Å². The summed E-state index contributed by atoms with van der Waals surface area (Å²) in [7, 11) is 0. The lowest BCUT2D eigenvalue weighted by molar-refractivity contribution is -0.144. The molecule has 1 aromatic carbocycles. The summed E-state index contributed by atoms with van der Waals surface area (Å²) in [5, 5.41) is 3.07. The summed E-state index contributed by atoms with van der Waals surface area (Å²) in [6.07, 6.45) is 8.92. The van der Waals surface area contributed by atoms with Gasteiger partial charge in [0.25, 0.3) is 0 Å². The number of amides is 2. The third kappa shape index (κ3) is 4.11. The monoisotopic (exact) mass is 405 g/mol. The van der Waals surface area contributed by atoms with Crippen LogP contribution in [0, 0.1) is 11.3 Å². The van der Waals surface area contributed by atoms with Crippen LogP contribution in [0.25, 0.3) is 11.1 Å². The molecule has 158 valence electrons. The largest absolute Gasteiger partial charge is 0.356 e. The van der Waals surface area contributed by atoms with Gasteiger partial charge in [0.2, 0.25) is 11.8 Å². The van der Waals surface area contributed by atoms with Crippen LogP contribution < -0.4 is 5.32 Å². The molecular weight excluding hydrogens is 374 g/mol. The lowest BCUT2D eigenvalue weighted by Crippen LogP contribution is -2.52. The normalized spacial score (nSPS) is 18.5. The molecule has 2 heterocycles. The molecule has 5 nitrogen and oxygen atoms in total. The molecule has 2 fully saturated rings. The zero-order valence-electron chi connectivity index (χ0n) is 17.8. The van der Waals surface area contributed by atoms with Crippen LogP contribution in [0.4, 0.5) is 0 Å². The Morgan fingerprint density at radius 3 is 2.43 bits per heavy atom. The van der Waals surface area contributed by atoms with Crippen molar-refractivity contribution < 1.29 is 9.59 Å². The summed E-state index contributed by atoms with van der Waals surface area (Å²) in [5.74, 6) is 0.627. The number of carbonyl (C=O) groups excluding carboxylic acids is 2. The quantitative estimate of drug-likeness (QED) is 0.794. The van der Waals surface area contributed by atoms with Crippen LogP contribution in [-0.2, 0) is 16.0 Å². The van der Waals surface area contributed by atoms with Gasteiger partial charge in [-0.2, -0.15) is 0 Å². The van der Waals surface area contributed by atoms with E-state index < -0.39 is 5.41 Å². The number of carbonyl (C=O) groups is 2. The summed E-state index contributed by atoms with van der Waals surface area (Å²) < 4.78 is 0. The van der Waals surface area contributed by atoms with Crippen molar-refractivity contribution in [3.8, 4) is 11.1 Å². The molecule has 1 aliphatic carbocycles. The summed E-state index contributed by atoms with van der Waals surface area (Å²) in [4.78, 5) is 32.1. The van der Waals surface area contributed by atoms with Gasteiger partial charge < -0.3 is 10.2 Å². The van der Waals surface area contributed by atoms with Gasteiger partial charge >= 0.3 is 0 Å². The number of likely N-dealkylation sites (tertiary alicyclic amines) is 1. The van der Waals surface area contributed by atoms with Crippen LogP contribution in [-0.4, -0.2) is 41.3 Å². The molecule has 0 radical (unpaired) electrons. The van der Waals surface area contributed by atoms with Gasteiger partial charge in [-0.05, 0) is 67.9 Å². The maximum Gasteiger partial charge on any atom is 0.226 e. The maximum absolute atomic E-state index is 13.2. The molecule has 2 amide bonds.